The lowest BCUT2D eigenvalue weighted by Gasteiger charge is -2.28. The van der Waals surface area contributed by atoms with Crippen LogP contribution >= 0.6 is 23.2 Å². The van der Waals surface area contributed by atoms with Gasteiger partial charge in [-0.25, -0.2) is 4.79 Å². The summed E-state index contributed by atoms with van der Waals surface area (Å²) in [6, 6.07) is 12.2. The second-order valence-corrected chi connectivity index (χ2v) is 10.3. The van der Waals surface area contributed by atoms with Crippen molar-refractivity contribution in [2.24, 2.45) is 23.7 Å². The zero-order valence-corrected chi connectivity index (χ0v) is 20.7. The Bertz CT molecular complexity index is 1230. The van der Waals surface area contributed by atoms with Gasteiger partial charge >= 0.3 is 5.97 Å². The van der Waals surface area contributed by atoms with E-state index in [1.54, 1.807) is 24.3 Å². The predicted octanol–water partition coefficient (Wildman–Crippen LogP) is 3.65. The Kier molecular flexibility index (Phi) is 6.34. The molecule has 1 aliphatic heterocycles. The maximum atomic E-state index is 13.1. The quantitative estimate of drug-likeness (QED) is 0.265. The van der Waals surface area contributed by atoms with Gasteiger partial charge in [0.15, 0.2) is 12.4 Å². The second kappa shape index (κ2) is 9.33. The first kappa shape index (κ1) is 24.5. The molecule has 2 aromatic rings. The third kappa shape index (κ3) is 4.08. The van der Waals surface area contributed by atoms with Crippen LogP contribution in [-0.2, 0) is 19.1 Å². The fourth-order valence-corrected chi connectivity index (χ4v) is 6.44. The molecule has 0 unspecified atom stereocenters. The fraction of sp³-hybridized carbons (Fsp3) is 0.346. The zero-order valence-electron chi connectivity index (χ0n) is 19.1. The molecule has 6 atom stereocenters. The standard InChI is InChI=1S/C26H22Cl2N2O6/c1-12(31)13-2-6-15(7-3-13)29-19(32)11-36-26(35)14-4-8-16(9-5-14)30-24(33)20-17-10-18(21(20)25(30)34)23(28)22(17)27/h2-9,17-18,20-23H,10-11H2,1H3,(H,29,32)/t17-,18-,20-,21+,22+,23+/m1/s1. The van der Waals surface area contributed by atoms with E-state index in [1.807, 2.05) is 0 Å². The van der Waals surface area contributed by atoms with Crippen molar-refractivity contribution in [3.63, 3.8) is 0 Å². The third-order valence-corrected chi connectivity index (χ3v) is 8.58. The van der Waals surface area contributed by atoms with Gasteiger partial charge in [-0.3, -0.25) is 24.1 Å². The maximum Gasteiger partial charge on any atom is 0.338 e. The summed E-state index contributed by atoms with van der Waals surface area (Å²) in [6.45, 7) is 0.934. The van der Waals surface area contributed by atoms with Gasteiger partial charge in [-0.1, -0.05) is 0 Å². The van der Waals surface area contributed by atoms with E-state index in [0.717, 1.165) is 4.90 Å². The van der Waals surface area contributed by atoms with Crippen molar-refractivity contribution in [2.45, 2.75) is 24.1 Å². The summed E-state index contributed by atoms with van der Waals surface area (Å²) in [4.78, 5) is 63.2. The molecule has 8 nitrogen and oxygen atoms in total. The molecule has 0 aromatic heterocycles. The highest BCUT2D eigenvalue weighted by atomic mass is 35.5. The Hall–Kier alpha value is -3.23. The summed E-state index contributed by atoms with van der Waals surface area (Å²) in [7, 11) is 0. The van der Waals surface area contributed by atoms with E-state index in [0.29, 0.717) is 23.4 Å². The lowest BCUT2D eigenvalue weighted by molar-refractivity contribution is -0.123. The minimum Gasteiger partial charge on any atom is -0.452 e. The smallest absolute Gasteiger partial charge is 0.338 e. The molecule has 3 amide bonds. The van der Waals surface area contributed by atoms with Crippen molar-refractivity contribution in [1.29, 1.82) is 0 Å². The van der Waals surface area contributed by atoms with Crippen LogP contribution in [0.15, 0.2) is 48.5 Å². The van der Waals surface area contributed by atoms with Crippen LogP contribution in [0.2, 0.25) is 0 Å². The summed E-state index contributed by atoms with van der Waals surface area (Å²) >= 11 is 12.8. The Morgan fingerprint density at radius 2 is 1.42 bits per heavy atom. The molecular weight excluding hydrogens is 507 g/mol. The van der Waals surface area contributed by atoms with Crippen molar-refractivity contribution >= 4 is 64.1 Å². The first-order valence-electron chi connectivity index (χ1n) is 11.5. The number of ketones is 1. The van der Waals surface area contributed by atoms with E-state index in [1.165, 1.54) is 31.2 Å². The van der Waals surface area contributed by atoms with Crippen molar-refractivity contribution in [3.8, 4) is 0 Å². The fourth-order valence-electron chi connectivity index (χ4n) is 5.55. The Morgan fingerprint density at radius 3 is 1.94 bits per heavy atom. The molecule has 1 N–H and O–H groups in total. The number of hydrogen-bond donors (Lipinski definition) is 1. The van der Waals surface area contributed by atoms with E-state index in [4.69, 9.17) is 27.9 Å². The number of nitrogens with one attached hydrogen (secondary N) is 1. The zero-order chi connectivity index (χ0) is 25.7. The van der Waals surface area contributed by atoms with Crippen molar-refractivity contribution in [3.05, 3.63) is 59.7 Å². The van der Waals surface area contributed by atoms with Crippen LogP contribution in [0.4, 0.5) is 11.4 Å². The largest absolute Gasteiger partial charge is 0.452 e. The van der Waals surface area contributed by atoms with Crippen LogP contribution in [0.5, 0.6) is 0 Å². The molecule has 3 aliphatic rings. The minimum absolute atomic E-state index is 0.0888. The normalized spacial score (nSPS) is 28.2. The number of benzene rings is 2. The Labute approximate surface area is 216 Å². The molecule has 36 heavy (non-hydrogen) atoms. The number of alkyl halides is 2. The highest BCUT2D eigenvalue weighted by Crippen LogP contribution is 2.59. The summed E-state index contributed by atoms with van der Waals surface area (Å²) in [5, 5.41) is 1.92. The van der Waals surface area contributed by atoms with Crippen LogP contribution in [-0.4, -0.2) is 46.8 Å². The number of fused-ring (bicyclic) bond motifs is 5. The number of amides is 3. The Balaban J connectivity index is 1.19. The number of anilines is 2. The summed E-state index contributed by atoms with van der Waals surface area (Å²) in [5.41, 5.74) is 1.50. The van der Waals surface area contributed by atoms with E-state index in [-0.39, 0.29) is 45.8 Å². The van der Waals surface area contributed by atoms with Crippen LogP contribution in [0.25, 0.3) is 0 Å². The summed E-state index contributed by atoms with van der Waals surface area (Å²) in [5.74, 6) is -3.06. The third-order valence-electron chi connectivity index (χ3n) is 7.26. The SMILES string of the molecule is CC(=O)c1ccc(NC(=O)COC(=O)c2ccc(N3C(=O)[C@@H]4[C@H]5C[C@@H]([C@H](Cl)[C@H]5Cl)[C@@H]4C3=O)cc2)cc1. The highest BCUT2D eigenvalue weighted by Gasteiger charge is 2.66. The van der Waals surface area contributed by atoms with E-state index in [2.05, 4.69) is 5.32 Å². The van der Waals surface area contributed by atoms with Gasteiger partial charge < -0.3 is 10.1 Å². The first-order chi connectivity index (χ1) is 17.2. The highest BCUT2D eigenvalue weighted by molar-refractivity contribution is 6.32. The lowest BCUT2D eigenvalue weighted by Crippen LogP contribution is -2.37. The van der Waals surface area contributed by atoms with Gasteiger partial charge in [0.25, 0.3) is 5.91 Å². The molecule has 5 rings (SSSR count). The monoisotopic (exact) mass is 528 g/mol. The lowest BCUT2D eigenvalue weighted by atomic mass is 9.80. The molecule has 186 valence electrons. The van der Waals surface area contributed by atoms with Crippen molar-refractivity contribution in [2.75, 3.05) is 16.8 Å². The maximum absolute atomic E-state index is 13.1. The number of rotatable bonds is 6. The number of halogens is 2. The summed E-state index contributed by atoms with van der Waals surface area (Å²) in [6.07, 6.45) is 0.686. The van der Waals surface area contributed by atoms with Crippen molar-refractivity contribution < 1.29 is 28.7 Å². The van der Waals surface area contributed by atoms with Gasteiger partial charge in [0.1, 0.15) is 0 Å². The first-order valence-corrected chi connectivity index (χ1v) is 12.4. The Morgan fingerprint density at radius 1 is 0.889 bits per heavy atom. The van der Waals surface area contributed by atoms with Crippen molar-refractivity contribution in [1.82, 2.24) is 0 Å². The van der Waals surface area contributed by atoms with E-state index >= 15 is 0 Å². The number of carbonyl (C=O) groups excluding carboxylic acids is 5. The average molecular weight is 529 g/mol. The van der Waals surface area contributed by atoms with Gasteiger partial charge in [0.2, 0.25) is 11.8 Å². The number of imide groups is 1. The number of esters is 1. The van der Waals surface area contributed by atoms with Crippen LogP contribution in [0.1, 0.15) is 34.1 Å². The van der Waals surface area contributed by atoms with Crippen LogP contribution in [0.3, 0.4) is 0 Å². The number of nitrogens with zero attached hydrogens (tertiary/aromatic N) is 1. The topological polar surface area (TPSA) is 110 Å². The van der Waals surface area contributed by atoms with Crippen LogP contribution < -0.4 is 10.2 Å². The number of carbonyl (C=O) groups is 5. The van der Waals surface area contributed by atoms with E-state index < -0.39 is 30.3 Å². The summed E-state index contributed by atoms with van der Waals surface area (Å²) < 4.78 is 5.07. The molecule has 2 aliphatic carbocycles. The molecule has 1 heterocycles. The molecule has 2 saturated carbocycles. The molecule has 10 heteroatoms. The van der Waals surface area contributed by atoms with Gasteiger partial charge in [-0.05, 0) is 73.7 Å². The second-order valence-electron chi connectivity index (χ2n) is 9.32. The van der Waals surface area contributed by atoms with E-state index in [9.17, 15) is 24.0 Å². The van der Waals surface area contributed by atoms with Gasteiger partial charge in [0.05, 0.1) is 33.8 Å². The van der Waals surface area contributed by atoms with Gasteiger partial charge in [-0.2, -0.15) is 0 Å². The van der Waals surface area contributed by atoms with Gasteiger partial charge in [0, 0.05) is 11.3 Å². The number of Topliss-reactive ketones (excluding diaryl/α,β-unsaturated/α-hetero) is 1. The number of hydrogen-bond acceptors (Lipinski definition) is 6. The molecule has 0 radical (unpaired) electrons. The molecule has 3 fully saturated rings. The molecule has 0 spiro atoms. The molecule has 2 bridgehead atoms. The van der Waals surface area contributed by atoms with Crippen LogP contribution in [0, 0.1) is 23.7 Å². The minimum atomic E-state index is -0.729. The number of ether oxygens (including phenoxy) is 1. The molecule has 2 aromatic carbocycles. The predicted molar refractivity (Wildman–Crippen MR) is 132 cm³/mol. The van der Waals surface area contributed by atoms with Gasteiger partial charge in [-0.15, -0.1) is 23.2 Å². The molecular formula is C26H22Cl2N2O6. The average Bonchev–Trinajstić information content (AvgIpc) is 3.47. The molecule has 1 saturated heterocycles.